The molecule has 1 aliphatic heterocycles. The van der Waals surface area contributed by atoms with Crippen LogP contribution in [0.25, 0.3) is 0 Å². The van der Waals surface area contributed by atoms with Crippen LogP contribution in [0.5, 0.6) is 11.5 Å². The van der Waals surface area contributed by atoms with Gasteiger partial charge in [0.2, 0.25) is 0 Å². The van der Waals surface area contributed by atoms with Gasteiger partial charge in [-0.3, -0.25) is 4.90 Å². The lowest BCUT2D eigenvalue weighted by Crippen LogP contribution is -2.43. The van der Waals surface area contributed by atoms with Gasteiger partial charge >= 0.3 is 18.7 Å². The Kier molecular flexibility index (Phi) is 7.46. The van der Waals surface area contributed by atoms with Crippen LogP contribution < -0.4 is 9.47 Å². The van der Waals surface area contributed by atoms with E-state index in [1.165, 1.54) is 18.1 Å². The number of hydrogen-bond donors (Lipinski definition) is 0. The highest BCUT2D eigenvalue weighted by Gasteiger charge is 2.43. The molecule has 9 heteroatoms. The summed E-state index contributed by atoms with van der Waals surface area (Å²) < 4.78 is 46.7. The maximum Gasteiger partial charge on any atom is 0.411 e. The molecule has 1 unspecified atom stereocenters. The molecule has 1 aliphatic carbocycles. The number of nitrogens with zero attached hydrogens (tertiary/aromatic N) is 1. The van der Waals surface area contributed by atoms with Gasteiger partial charge in [0.05, 0.1) is 13.2 Å². The summed E-state index contributed by atoms with van der Waals surface area (Å²) in [6.07, 6.45) is 3.46. The third-order valence-corrected chi connectivity index (χ3v) is 5.65. The number of methoxy groups -OCH3 is 1. The van der Waals surface area contributed by atoms with Crippen LogP contribution >= 0.6 is 0 Å². The Bertz CT molecular complexity index is 819. The molecule has 2 fully saturated rings. The van der Waals surface area contributed by atoms with Gasteiger partial charge in [-0.2, -0.15) is 8.78 Å². The third-order valence-electron chi connectivity index (χ3n) is 5.65. The van der Waals surface area contributed by atoms with Crippen molar-refractivity contribution < 1.29 is 37.3 Å². The molecule has 178 valence electrons. The quantitative estimate of drug-likeness (QED) is 0.570. The Hall–Kier alpha value is -2.58. The van der Waals surface area contributed by atoms with Gasteiger partial charge in [0, 0.05) is 12.5 Å². The van der Waals surface area contributed by atoms with Gasteiger partial charge in [0.25, 0.3) is 0 Å². The average molecular weight is 455 g/mol. The maximum atomic E-state index is 12.9. The summed E-state index contributed by atoms with van der Waals surface area (Å²) in [4.78, 5) is 26.4. The van der Waals surface area contributed by atoms with E-state index in [0.717, 1.165) is 31.2 Å². The van der Waals surface area contributed by atoms with Crippen molar-refractivity contribution in [1.29, 1.82) is 0 Å². The van der Waals surface area contributed by atoms with Gasteiger partial charge in [-0.1, -0.05) is 6.07 Å². The lowest BCUT2D eigenvalue weighted by molar-refractivity contribution is -0.145. The largest absolute Gasteiger partial charge is 0.487 e. The predicted octanol–water partition coefficient (Wildman–Crippen LogP) is 4.88. The fourth-order valence-corrected chi connectivity index (χ4v) is 4.21. The minimum absolute atomic E-state index is 0.0258. The molecular weight excluding hydrogens is 424 g/mol. The smallest absolute Gasteiger partial charge is 0.411 e. The van der Waals surface area contributed by atoms with E-state index >= 15 is 0 Å². The SMILES string of the molecule is COC(=O)[C@H]1CC(c2ccc(OC(F)F)c(OC3CCCC3)c2)CN1C(=O)OC(C)(C)C. The Labute approximate surface area is 186 Å². The van der Waals surface area contributed by atoms with Gasteiger partial charge < -0.3 is 18.9 Å². The second-order valence-electron chi connectivity index (χ2n) is 9.21. The molecule has 1 aromatic carbocycles. The summed E-state index contributed by atoms with van der Waals surface area (Å²) in [5, 5.41) is 0. The number of ether oxygens (including phenoxy) is 4. The fraction of sp³-hybridized carbons (Fsp3) is 0.652. The van der Waals surface area contributed by atoms with E-state index in [-0.39, 0.29) is 30.1 Å². The van der Waals surface area contributed by atoms with Gasteiger partial charge in [-0.25, -0.2) is 9.59 Å². The topological polar surface area (TPSA) is 74.3 Å². The van der Waals surface area contributed by atoms with Gasteiger partial charge in [-0.05, 0) is 70.6 Å². The normalized spacial score (nSPS) is 21.7. The lowest BCUT2D eigenvalue weighted by Gasteiger charge is -2.27. The van der Waals surface area contributed by atoms with Crippen molar-refractivity contribution in [3.8, 4) is 11.5 Å². The zero-order valence-corrected chi connectivity index (χ0v) is 18.9. The van der Waals surface area contributed by atoms with E-state index in [9.17, 15) is 18.4 Å². The van der Waals surface area contributed by atoms with Crippen LogP contribution in [-0.2, 0) is 14.3 Å². The molecule has 0 aromatic heterocycles. The number of amides is 1. The molecule has 1 aromatic rings. The molecule has 32 heavy (non-hydrogen) atoms. The first-order valence-electron chi connectivity index (χ1n) is 10.9. The standard InChI is InChI=1S/C23H31F2NO6/c1-23(2,3)32-22(28)26-13-15(11-17(26)20(27)29-4)14-9-10-18(31-21(24)25)19(12-14)30-16-7-5-6-8-16/h9-10,12,15-17,21H,5-8,11,13H2,1-4H3/t15?,17-/m1/s1. The first kappa shape index (κ1) is 24.1. The molecule has 1 saturated heterocycles. The summed E-state index contributed by atoms with van der Waals surface area (Å²) in [6.45, 7) is 2.51. The van der Waals surface area contributed by atoms with Crippen molar-refractivity contribution in [3.05, 3.63) is 23.8 Å². The van der Waals surface area contributed by atoms with Crippen molar-refractivity contribution in [2.45, 2.75) is 83.2 Å². The summed E-state index contributed by atoms with van der Waals surface area (Å²) in [6, 6.07) is 4.00. The van der Waals surface area contributed by atoms with Crippen LogP contribution in [0.2, 0.25) is 0 Å². The van der Waals surface area contributed by atoms with E-state index in [1.807, 2.05) is 0 Å². The van der Waals surface area contributed by atoms with E-state index in [2.05, 4.69) is 4.74 Å². The minimum atomic E-state index is -2.97. The Morgan fingerprint density at radius 2 is 1.81 bits per heavy atom. The molecule has 3 rings (SSSR count). The Balaban J connectivity index is 1.85. The molecule has 2 atom stereocenters. The van der Waals surface area contributed by atoms with Crippen molar-refractivity contribution in [2.75, 3.05) is 13.7 Å². The Morgan fingerprint density at radius 3 is 2.41 bits per heavy atom. The van der Waals surface area contributed by atoms with E-state index in [4.69, 9.17) is 14.2 Å². The van der Waals surface area contributed by atoms with Crippen LogP contribution in [0.1, 0.15) is 64.4 Å². The highest BCUT2D eigenvalue weighted by Crippen LogP contribution is 2.39. The van der Waals surface area contributed by atoms with Crippen LogP contribution in [0.15, 0.2) is 18.2 Å². The van der Waals surface area contributed by atoms with Crippen LogP contribution in [0.4, 0.5) is 13.6 Å². The highest BCUT2D eigenvalue weighted by atomic mass is 19.3. The number of halogens is 2. The van der Waals surface area contributed by atoms with Crippen molar-refractivity contribution in [1.82, 2.24) is 4.90 Å². The summed E-state index contributed by atoms with van der Waals surface area (Å²) >= 11 is 0. The summed E-state index contributed by atoms with van der Waals surface area (Å²) in [5.41, 5.74) is 0.0476. The molecular formula is C23H31F2NO6. The van der Waals surface area contributed by atoms with Crippen LogP contribution in [0.3, 0.4) is 0 Å². The van der Waals surface area contributed by atoms with Gasteiger partial charge in [0.1, 0.15) is 11.6 Å². The van der Waals surface area contributed by atoms with Crippen LogP contribution in [-0.4, -0.2) is 55.0 Å². The number of esters is 1. The number of likely N-dealkylation sites (tertiary alicyclic amines) is 1. The minimum Gasteiger partial charge on any atom is -0.487 e. The molecule has 2 aliphatic rings. The predicted molar refractivity (Wildman–Crippen MR) is 112 cm³/mol. The molecule has 0 N–H and O–H groups in total. The van der Waals surface area contributed by atoms with E-state index in [1.54, 1.807) is 32.9 Å². The van der Waals surface area contributed by atoms with Crippen LogP contribution in [0, 0.1) is 0 Å². The number of alkyl halides is 2. The number of carbonyl (C=O) groups excluding carboxylic acids is 2. The highest BCUT2D eigenvalue weighted by molar-refractivity contribution is 5.82. The maximum absolute atomic E-state index is 12.9. The van der Waals surface area contributed by atoms with Crippen molar-refractivity contribution in [2.24, 2.45) is 0 Å². The monoisotopic (exact) mass is 455 g/mol. The fourth-order valence-electron chi connectivity index (χ4n) is 4.21. The first-order valence-corrected chi connectivity index (χ1v) is 10.9. The van der Waals surface area contributed by atoms with Crippen molar-refractivity contribution >= 4 is 12.1 Å². The van der Waals surface area contributed by atoms with Gasteiger partial charge in [-0.15, -0.1) is 0 Å². The number of carbonyl (C=O) groups is 2. The number of hydrogen-bond acceptors (Lipinski definition) is 6. The second-order valence-corrected chi connectivity index (χ2v) is 9.21. The van der Waals surface area contributed by atoms with E-state index < -0.39 is 30.3 Å². The molecule has 1 saturated carbocycles. The second kappa shape index (κ2) is 9.92. The summed E-state index contributed by atoms with van der Waals surface area (Å²) in [5.74, 6) is -0.529. The average Bonchev–Trinajstić information content (AvgIpc) is 3.37. The first-order chi connectivity index (χ1) is 15.1. The molecule has 0 radical (unpaired) electrons. The number of rotatable bonds is 6. The molecule has 1 amide bonds. The lowest BCUT2D eigenvalue weighted by atomic mass is 9.96. The zero-order valence-electron chi connectivity index (χ0n) is 18.9. The van der Waals surface area contributed by atoms with Crippen molar-refractivity contribution in [3.63, 3.8) is 0 Å². The van der Waals surface area contributed by atoms with E-state index in [0.29, 0.717) is 6.42 Å². The zero-order chi connectivity index (χ0) is 23.5. The molecule has 1 heterocycles. The van der Waals surface area contributed by atoms with Gasteiger partial charge in [0.15, 0.2) is 11.5 Å². The molecule has 0 spiro atoms. The molecule has 0 bridgehead atoms. The molecule has 7 nitrogen and oxygen atoms in total. The Morgan fingerprint density at radius 1 is 1.12 bits per heavy atom. The third kappa shape index (κ3) is 6.01. The summed E-state index contributed by atoms with van der Waals surface area (Å²) in [7, 11) is 1.27. The number of benzene rings is 1.